The van der Waals surface area contributed by atoms with Gasteiger partial charge in [0.05, 0.1) is 7.11 Å². The van der Waals surface area contributed by atoms with Gasteiger partial charge in [-0.2, -0.15) is 0 Å². The second kappa shape index (κ2) is 8.72. The molecule has 0 fully saturated rings. The predicted molar refractivity (Wildman–Crippen MR) is 106 cm³/mol. The molecule has 0 saturated carbocycles. The Kier molecular flexibility index (Phi) is 5.90. The van der Waals surface area contributed by atoms with Crippen molar-refractivity contribution in [1.82, 2.24) is 0 Å². The lowest BCUT2D eigenvalue weighted by Crippen LogP contribution is -2.01. The van der Waals surface area contributed by atoms with Gasteiger partial charge in [0, 0.05) is 11.1 Å². The van der Waals surface area contributed by atoms with Crippen molar-refractivity contribution >= 4 is 18.1 Å². The van der Waals surface area contributed by atoms with Crippen molar-refractivity contribution in [3.05, 3.63) is 95.1 Å². The standard InChI is InChI=1S/C23H20O4/c1-26-22-19(11-7-12-20(22)23(24)25)15-14-18-10-5-6-13-21(18)27-16-17-8-3-2-4-9-17/h2-15H,16H2,1H3,(H,24,25). The second-order valence-electron chi connectivity index (χ2n) is 5.88. The molecule has 0 bridgehead atoms. The smallest absolute Gasteiger partial charge is 0.339 e. The molecule has 0 atom stereocenters. The third-order valence-corrected chi connectivity index (χ3v) is 4.08. The van der Waals surface area contributed by atoms with Gasteiger partial charge in [0.1, 0.15) is 23.7 Å². The van der Waals surface area contributed by atoms with Gasteiger partial charge in [0.2, 0.25) is 0 Å². The van der Waals surface area contributed by atoms with Crippen molar-refractivity contribution in [3.8, 4) is 11.5 Å². The van der Waals surface area contributed by atoms with Crippen LogP contribution in [0.15, 0.2) is 72.8 Å². The summed E-state index contributed by atoms with van der Waals surface area (Å²) in [6.45, 7) is 0.476. The fraction of sp³-hybridized carbons (Fsp3) is 0.0870. The molecule has 0 aliphatic rings. The van der Waals surface area contributed by atoms with Gasteiger partial charge >= 0.3 is 5.97 Å². The summed E-state index contributed by atoms with van der Waals surface area (Å²) in [4.78, 5) is 11.4. The minimum atomic E-state index is -1.02. The molecule has 27 heavy (non-hydrogen) atoms. The molecular weight excluding hydrogens is 340 g/mol. The highest BCUT2D eigenvalue weighted by Crippen LogP contribution is 2.27. The Morgan fingerprint density at radius 3 is 2.30 bits per heavy atom. The maximum absolute atomic E-state index is 11.4. The molecule has 0 heterocycles. The van der Waals surface area contributed by atoms with E-state index in [2.05, 4.69) is 0 Å². The number of carbonyl (C=O) groups is 1. The highest BCUT2D eigenvalue weighted by atomic mass is 16.5. The SMILES string of the molecule is COc1c(C=Cc2ccccc2OCc2ccccc2)cccc1C(=O)O. The minimum absolute atomic E-state index is 0.133. The molecule has 3 aromatic rings. The van der Waals surface area contributed by atoms with Gasteiger partial charge in [-0.15, -0.1) is 0 Å². The Balaban J connectivity index is 1.84. The van der Waals surface area contributed by atoms with Crippen molar-refractivity contribution in [2.45, 2.75) is 6.61 Å². The lowest BCUT2D eigenvalue weighted by atomic mass is 10.1. The molecule has 0 radical (unpaired) electrons. The summed E-state index contributed by atoms with van der Waals surface area (Å²) in [5.41, 5.74) is 2.81. The number of ether oxygens (including phenoxy) is 2. The van der Waals surface area contributed by atoms with Crippen LogP contribution in [0.2, 0.25) is 0 Å². The number of carboxylic acids is 1. The van der Waals surface area contributed by atoms with Gasteiger partial charge in [-0.3, -0.25) is 0 Å². The fourth-order valence-corrected chi connectivity index (χ4v) is 2.75. The zero-order valence-corrected chi connectivity index (χ0v) is 15.0. The average molecular weight is 360 g/mol. The first kappa shape index (κ1) is 18.3. The van der Waals surface area contributed by atoms with Crippen molar-refractivity contribution in [2.24, 2.45) is 0 Å². The molecule has 136 valence electrons. The summed E-state index contributed by atoms with van der Waals surface area (Å²) in [6.07, 6.45) is 3.72. The van der Waals surface area contributed by atoms with E-state index >= 15 is 0 Å². The highest BCUT2D eigenvalue weighted by molar-refractivity contribution is 5.93. The van der Waals surface area contributed by atoms with Gasteiger partial charge in [0.15, 0.2) is 0 Å². The number of aromatic carboxylic acids is 1. The van der Waals surface area contributed by atoms with Crippen LogP contribution in [-0.4, -0.2) is 18.2 Å². The second-order valence-corrected chi connectivity index (χ2v) is 5.88. The highest BCUT2D eigenvalue weighted by Gasteiger charge is 2.13. The van der Waals surface area contributed by atoms with Crippen molar-refractivity contribution in [2.75, 3.05) is 7.11 Å². The van der Waals surface area contributed by atoms with E-state index in [1.54, 1.807) is 6.07 Å². The van der Waals surface area contributed by atoms with Gasteiger partial charge < -0.3 is 14.6 Å². The van der Waals surface area contributed by atoms with E-state index in [1.807, 2.05) is 72.8 Å². The lowest BCUT2D eigenvalue weighted by Gasteiger charge is -2.10. The first-order chi connectivity index (χ1) is 13.2. The van der Waals surface area contributed by atoms with Crippen LogP contribution in [0.5, 0.6) is 11.5 Å². The van der Waals surface area contributed by atoms with Crippen LogP contribution in [0.25, 0.3) is 12.2 Å². The number of para-hydroxylation sites is 2. The van der Waals surface area contributed by atoms with E-state index in [0.717, 1.165) is 16.9 Å². The Labute approximate surface area is 158 Å². The Bertz CT molecular complexity index is 946. The molecule has 1 N–H and O–H groups in total. The largest absolute Gasteiger partial charge is 0.495 e. The lowest BCUT2D eigenvalue weighted by molar-refractivity contribution is 0.0693. The van der Waals surface area contributed by atoms with Crippen molar-refractivity contribution < 1.29 is 19.4 Å². The van der Waals surface area contributed by atoms with Crippen LogP contribution >= 0.6 is 0 Å². The Morgan fingerprint density at radius 2 is 1.56 bits per heavy atom. The Morgan fingerprint density at radius 1 is 0.889 bits per heavy atom. The fourth-order valence-electron chi connectivity index (χ4n) is 2.75. The van der Waals surface area contributed by atoms with Crippen LogP contribution in [0.1, 0.15) is 27.0 Å². The minimum Gasteiger partial charge on any atom is -0.495 e. The average Bonchev–Trinajstić information content (AvgIpc) is 2.71. The van der Waals surface area contributed by atoms with Crippen LogP contribution in [0.4, 0.5) is 0 Å². The summed E-state index contributed by atoms with van der Waals surface area (Å²) in [6, 6.07) is 22.7. The molecule has 0 aliphatic carbocycles. The molecule has 4 heteroatoms. The molecule has 3 aromatic carbocycles. The summed E-state index contributed by atoms with van der Waals surface area (Å²) >= 11 is 0. The van der Waals surface area contributed by atoms with E-state index in [4.69, 9.17) is 9.47 Å². The number of carboxylic acid groups (broad SMARTS) is 1. The first-order valence-corrected chi connectivity index (χ1v) is 8.53. The van der Waals surface area contributed by atoms with E-state index < -0.39 is 5.97 Å². The molecule has 0 aliphatic heterocycles. The number of hydrogen-bond donors (Lipinski definition) is 1. The maximum atomic E-state index is 11.4. The normalized spacial score (nSPS) is 10.7. The van der Waals surface area contributed by atoms with Gasteiger partial charge in [0.25, 0.3) is 0 Å². The van der Waals surface area contributed by atoms with Crippen LogP contribution < -0.4 is 9.47 Å². The summed E-state index contributed by atoms with van der Waals surface area (Å²) in [5.74, 6) is 0.0728. The van der Waals surface area contributed by atoms with Crippen LogP contribution in [0, 0.1) is 0 Å². The van der Waals surface area contributed by atoms with Gasteiger partial charge in [-0.05, 0) is 17.7 Å². The van der Waals surface area contributed by atoms with Gasteiger partial charge in [-0.1, -0.05) is 72.8 Å². The summed E-state index contributed by atoms with van der Waals surface area (Å²) < 4.78 is 11.3. The first-order valence-electron chi connectivity index (χ1n) is 8.53. The number of rotatable bonds is 7. The summed E-state index contributed by atoms with van der Waals surface area (Å²) in [5, 5.41) is 9.30. The Hall–Kier alpha value is -3.53. The van der Waals surface area contributed by atoms with Crippen molar-refractivity contribution in [1.29, 1.82) is 0 Å². The third-order valence-electron chi connectivity index (χ3n) is 4.08. The number of methoxy groups -OCH3 is 1. The van der Waals surface area contributed by atoms with E-state index in [-0.39, 0.29) is 5.56 Å². The summed E-state index contributed by atoms with van der Waals surface area (Å²) in [7, 11) is 1.47. The van der Waals surface area contributed by atoms with Crippen LogP contribution in [0.3, 0.4) is 0 Å². The third kappa shape index (κ3) is 4.55. The quantitative estimate of drug-likeness (QED) is 0.593. The van der Waals surface area contributed by atoms with E-state index in [0.29, 0.717) is 17.9 Å². The van der Waals surface area contributed by atoms with E-state index in [9.17, 15) is 9.90 Å². The predicted octanol–water partition coefficient (Wildman–Crippen LogP) is 5.14. The molecule has 0 saturated heterocycles. The molecular formula is C23H20O4. The van der Waals surface area contributed by atoms with Gasteiger partial charge in [-0.25, -0.2) is 4.79 Å². The number of hydrogen-bond acceptors (Lipinski definition) is 3. The van der Waals surface area contributed by atoms with Crippen LogP contribution in [-0.2, 0) is 6.61 Å². The molecule has 0 spiro atoms. The van der Waals surface area contributed by atoms with Crippen molar-refractivity contribution in [3.63, 3.8) is 0 Å². The monoisotopic (exact) mass is 360 g/mol. The molecule has 4 nitrogen and oxygen atoms in total. The molecule has 0 amide bonds. The molecule has 0 unspecified atom stereocenters. The topological polar surface area (TPSA) is 55.8 Å². The molecule has 3 rings (SSSR count). The zero-order chi connectivity index (χ0) is 19.1. The zero-order valence-electron chi connectivity index (χ0n) is 15.0. The maximum Gasteiger partial charge on any atom is 0.339 e. The van der Waals surface area contributed by atoms with E-state index in [1.165, 1.54) is 13.2 Å². The molecule has 0 aromatic heterocycles. The number of benzene rings is 3.